The van der Waals surface area contributed by atoms with Crippen molar-refractivity contribution in [2.24, 2.45) is 5.41 Å². The van der Waals surface area contributed by atoms with Crippen molar-refractivity contribution in [2.45, 2.75) is 39.0 Å². The summed E-state index contributed by atoms with van der Waals surface area (Å²) >= 11 is 0. The summed E-state index contributed by atoms with van der Waals surface area (Å²) in [5, 5.41) is 6.01. The predicted molar refractivity (Wildman–Crippen MR) is 58.1 cm³/mol. The summed E-state index contributed by atoms with van der Waals surface area (Å²) in [7, 11) is 1.68. The van der Waals surface area contributed by atoms with Gasteiger partial charge in [0, 0.05) is 26.6 Å². The second-order valence-corrected chi connectivity index (χ2v) is 4.31. The van der Waals surface area contributed by atoms with Gasteiger partial charge in [0.2, 0.25) is 5.91 Å². The summed E-state index contributed by atoms with van der Waals surface area (Å²) < 4.78 is 0. The molecule has 0 aromatic carbocycles. The van der Waals surface area contributed by atoms with Crippen LogP contribution in [0.4, 0.5) is 0 Å². The van der Waals surface area contributed by atoms with Crippen molar-refractivity contribution in [3.8, 4) is 0 Å². The average molecular weight is 198 g/mol. The maximum Gasteiger partial charge on any atom is 0.221 e. The third kappa shape index (κ3) is 2.98. The molecule has 0 heterocycles. The minimum Gasteiger partial charge on any atom is -0.359 e. The van der Waals surface area contributed by atoms with E-state index in [9.17, 15) is 4.79 Å². The van der Waals surface area contributed by atoms with Gasteiger partial charge < -0.3 is 10.6 Å². The summed E-state index contributed by atoms with van der Waals surface area (Å²) in [5.41, 5.74) is 0.558. The number of carbonyl (C=O) groups is 1. The first-order valence-electron chi connectivity index (χ1n) is 5.64. The van der Waals surface area contributed by atoms with Crippen molar-refractivity contribution in [3.63, 3.8) is 0 Å². The molecule has 82 valence electrons. The fourth-order valence-corrected chi connectivity index (χ4v) is 2.01. The van der Waals surface area contributed by atoms with Crippen LogP contribution in [0.3, 0.4) is 0 Å². The third-order valence-corrected chi connectivity index (χ3v) is 3.47. The number of hydrogen-bond acceptors (Lipinski definition) is 2. The molecule has 0 spiro atoms. The van der Waals surface area contributed by atoms with Crippen molar-refractivity contribution in [3.05, 3.63) is 0 Å². The van der Waals surface area contributed by atoms with E-state index in [1.807, 2.05) is 0 Å². The Morgan fingerprint density at radius 3 is 2.57 bits per heavy atom. The molecule has 3 nitrogen and oxygen atoms in total. The molecule has 0 atom stereocenters. The molecule has 0 unspecified atom stereocenters. The van der Waals surface area contributed by atoms with Gasteiger partial charge in [0.25, 0.3) is 0 Å². The predicted octanol–water partition coefficient (Wildman–Crippen LogP) is 1.29. The van der Waals surface area contributed by atoms with E-state index in [0.29, 0.717) is 11.8 Å². The van der Waals surface area contributed by atoms with Crippen LogP contribution in [-0.2, 0) is 4.79 Å². The highest BCUT2D eigenvalue weighted by atomic mass is 16.1. The number of nitrogens with one attached hydrogen (secondary N) is 2. The summed E-state index contributed by atoms with van der Waals surface area (Å²) in [6.45, 7) is 4.15. The second-order valence-electron chi connectivity index (χ2n) is 4.31. The summed E-state index contributed by atoms with van der Waals surface area (Å²) in [5.74, 6) is 0.122. The van der Waals surface area contributed by atoms with E-state index in [0.717, 1.165) is 13.1 Å². The molecule has 0 radical (unpaired) electrons. The van der Waals surface area contributed by atoms with Crippen molar-refractivity contribution < 1.29 is 4.79 Å². The van der Waals surface area contributed by atoms with Gasteiger partial charge in [-0.1, -0.05) is 13.3 Å². The Morgan fingerprint density at radius 1 is 1.43 bits per heavy atom. The van der Waals surface area contributed by atoms with Crippen LogP contribution < -0.4 is 10.6 Å². The van der Waals surface area contributed by atoms with Crippen molar-refractivity contribution in [1.29, 1.82) is 0 Å². The van der Waals surface area contributed by atoms with Gasteiger partial charge >= 0.3 is 0 Å². The molecule has 1 aliphatic carbocycles. The Bertz CT molecular complexity index is 182. The molecule has 1 amide bonds. The molecule has 1 fully saturated rings. The fraction of sp³-hybridized carbons (Fsp3) is 0.909. The molecule has 1 rings (SSSR count). The monoisotopic (exact) mass is 198 g/mol. The lowest BCUT2D eigenvalue weighted by Crippen LogP contribution is -2.40. The molecule has 0 aromatic heterocycles. The molecule has 1 saturated carbocycles. The number of carbonyl (C=O) groups excluding carboxylic acids is 1. The highest BCUT2D eigenvalue weighted by molar-refractivity contribution is 5.75. The molecule has 0 aliphatic heterocycles. The Balaban J connectivity index is 2.05. The zero-order chi connectivity index (χ0) is 10.4. The van der Waals surface area contributed by atoms with E-state index < -0.39 is 0 Å². The molecule has 14 heavy (non-hydrogen) atoms. The maximum atomic E-state index is 10.9. The van der Waals surface area contributed by atoms with Gasteiger partial charge in [-0.2, -0.15) is 0 Å². The lowest BCUT2D eigenvalue weighted by atomic mass is 9.67. The maximum absolute atomic E-state index is 10.9. The third-order valence-electron chi connectivity index (χ3n) is 3.47. The van der Waals surface area contributed by atoms with Crippen LogP contribution in [0.1, 0.15) is 39.0 Å². The van der Waals surface area contributed by atoms with Gasteiger partial charge in [0.15, 0.2) is 0 Å². The zero-order valence-electron chi connectivity index (χ0n) is 9.36. The van der Waals surface area contributed by atoms with E-state index in [1.165, 1.54) is 25.7 Å². The first-order chi connectivity index (χ1) is 6.72. The highest BCUT2D eigenvalue weighted by Crippen LogP contribution is 2.42. The van der Waals surface area contributed by atoms with Crippen LogP contribution in [0.25, 0.3) is 0 Å². The minimum atomic E-state index is 0.122. The second kappa shape index (κ2) is 5.35. The largest absolute Gasteiger partial charge is 0.359 e. The van der Waals surface area contributed by atoms with Gasteiger partial charge in [-0.3, -0.25) is 4.79 Å². The van der Waals surface area contributed by atoms with Crippen molar-refractivity contribution in [2.75, 3.05) is 20.1 Å². The van der Waals surface area contributed by atoms with E-state index in [-0.39, 0.29) is 5.91 Å². The van der Waals surface area contributed by atoms with Gasteiger partial charge in [-0.05, 0) is 24.7 Å². The normalized spacial score (nSPS) is 18.7. The molecule has 3 heteroatoms. The Hall–Kier alpha value is -0.570. The standard InChI is InChI=1S/C11H22N2O/c1-3-11(6-4-7-11)9-13-8-5-10(14)12-2/h13H,3-9H2,1-2H3,(H,12,14). The van der Waals surface area contributed by atoms with Crippen LogP contribution in [0.2, 0.25) is 0 Å². The summed E-state index contributed by atoms with van der Waals surface area (Å²) in [6, 6.07) is 0. The number of amides is 1. The first kappa shape index (κ1) is 11.5. The average Bonchev–Trinajstić information content (AvgIpc) is 2.15. The van der Waals surface area contributed by atoms with E-state index >= 15 is 0 Å². The molecule has 0 bridgehead atoms. The van der Waals surface area contributed by atoms with Gasteiger partial charge in [0.05, 0.1) is 0 Å². The highest BCUT2D eigenvalue weighted by Gasteiger charge is 2.34. The van der Waals surface area contributed by atoms with E-state index in [1.54, 1.807) is 7.05 Å². The fourth-order valence-electron chi connectivity index (χ4n) is 2.01. The van der Waals surface area contributed by atoms with Gasteiger partial charge in [0.1, 0.15) is 0 Å². The minimum absolute atomic E-state index is 0.122. The molecule has 1 aliphatic rings. The quantitative estimate of drug-likeness (QED) is 0.631. The molecule has 2 N–H and O–H groups in total. The molecule has 0 aromatic rings. The first-order valence-corrected chi connectivity index (χ1v) is 5.64. The summed E-state index contributed by atoms with van der Waals surface area (Å²) in [4.78, 5) is 10.9. The van der Waals surface area contributed by atoms with Crippen LogP contribution in [-0.4, -0.2) is 26.0 Å². The zero-order valence-corrected chi connectivity index (χ0v) is 9.36. The van der Waals surface area contributed by atoms with Crippen LogP contribution in [0, 0.1) is 5.41 Å². The summed E-state index contributed by atoms with van der Waals surface area (Å²) in [6.07, 6.45) is 5.95. The van der Waals surface area contributed by atoms with Crippen LogP contribution in [0.5, 0.6) is 0 Å². The smallest absolute Gasteiger partial charge is 0.221 e. The van der Waals surface area contributed by atoms with Gasteiger partial charge in [-0.25, -0.2) is 0 Å². The van der Waals surface area contributed by atoms with E-state index in [4.69, 9.17) is 0 Å². The van der Waals surface area contributed by atoms with Crippen LogP contribution in [0.15, 0.2) is 0 Å². The Morgan fingerprint density at radius 2 is 2.14 bits per heavy atom. The lowest BCUT2D eigenvalue weighted by Gasteiger charge is -2.41. The van der Waals surface area contributed by atoms with Crippen molar-refractivity contribution >= 4 is 5.91 Å². The SMILES string of the molecule is CCC1(CNCCC(=O)NC)CCC1. The topological polar surface area (TPSA) is 41.1 Å². The molecular formula is C11H22N2O. The molecule has 0 saturated heterocycles. The van der Waals surface area contributed by atoms with E-state index in [2.05, 4.69) is 17.6 Å². The van der Waals surface area contributed by atoms with Gasteiger partial charge in [-0.15, -0.1) is 0 Å². The number of rotatable bonds is 6. The van der Waals surface area contributed by atoms with Crippen LogP contribution >= 0.6 is 0 Å². The lowest BCUT2D eigenvalue weighted by molar-refractivity contribution is -0.120. The van der Waals surface area contributed by atoms with Crippen molar-refractivity contribution in [1.82, 2.24) is 10.6 Å². The molecular weight excluding hydrogens is 176 g/mol. The number of hydrogen-bond donors (Lipinski definition) is 2. The Kier molecular flexibility index (Phi) is 4.39. The Labute approximate surface area is 86.6 Å².